The molecule has 0 aliphatic carbocycles. The molecule has 0 amide bonds. The smallest absolute Gasteiger partial charge is 0.129 e. The van der Waals surface area contributed by atoms with E-state index in [-0.39, 0.29) is 0 Å². The number of ketones is 1. The summed E-state index contributed by atoms with van der Waals surface area (Å²) in [6.45, 7) is 0. The molecule has 0 spiro atoms. The van der Waals surface area contributed by atoms with Gasteiger partial charge in [0, 0.05) is 6.42 Å². The lowest BCUT2D eigenvalue weighted by molar-refractivity contribution is -0.116. The molecule has 0 aliphatic rings. The number of hydrogen-bond donors (Lipinski definition) is 0. The molecule has 0 unspecified atom stereocenters. The standard InChI is InChI=1S/C9H11BO/c10-7-9(11)6-8-4-2-1-3-5-8/h1-5H,6-7,10H2. The number of rotatable bonds is 3. The molecule has 1 rings (SSSR count). The zero-order chi connectivity index (χ0) is 8.10. The van der Waals surface area contributed by atoms with Crippen LogP contribution in [0.5, 0.6) is 0 Å². The maximum atomic E-state index is 11.0. The van der Waals surface area contributed by atoms with Crippen LogP contribution in [0.25, 0.3) is 0 Å². The minimum absolute atomic E-state index is 0.302. The highest BCUT2D eigenvalue weighted by Gasteiger charge is 1.98. The molecule has 0 radical (unpaired) electrons. The van der Waals surface area contributed by atoms with Crippen LogP contribution >= 0.6 is 0 Å². The van der Waals surface area contributed by atoms with Crippen molar-refractivity contribution in [2.45, 2.75) is 12.7 Å². The molecule has 0 saturated heterocycles. The van der Waals surface area contributed by atoms with Crippen molar-refractivity contribution in [2.24, 2.45) is 0 Å². The number of benzene rings is 1. The first kappa shape index (κ1) is 8.06. The van der Waals surface area contributed by atoms with Crippen molar-refractivity contribution in [3.63, 3.8) is 0 Å². The van der Waals surface area contributed by atoms with Gasteiger partial charge in [0.05, 0.1) is 0 Å². The monoisotopic (exact) mass is 146 g/mol. The van der Waals surface area contributed by atoms with Gasteiger partial charge in [0.2, 0.25) is 0 Å². The number of carbonyl (C=O) groups is 1. The van der Waals surface area contributed by atoms with Crippen LogP contribution in [0.1, 0.15) is 5.56 Å². The largest absolute Gasteiger partial charge is 0.300 e. The summed E-state index contributed by atoms with van der Waals surface area (Å²) in [5.41, 5.74) is 1.11. The molecule has 1 aromatic rings. The lowest BCUT2D eigenvalue weighted by Gasteiger charge is -1.96. The maximum Gasteiger partial charge on any atom is 0.129 e. The van der Waals surface area contributed by atoms with E-state index in [0.717, 1.165) is 5.56 Å². The second-order valence-corrected chi connectivity index (χ2v) is 2.55. The molecule has 1 nitrogen and oxygen atoms in total. The third kappa shape index (κ3) is 2.58. The van der Waals surface area contributed by atoms with Gasteiger partial charge >= 0.3 is 0 Å². The quantitative estimate of drug-likeness (QED) is 0.577. The third-order valence-electron chi connectivity index (χ3n) is 1.64. The average Bonchev–Trinajstić information content (AvgIpc) is 2.06. The highest BCUT2D eigenvalue weighted by Crippen LogP contribution is 2.00. The van der Waals surface area contributed by atoms with Gasteiger partial charge in [-0.25, -0.2) is 0 Å². The van der Waals surface area contributed by atoms with Gasteiger partial charge in [0.15, 0.2) is 0 Å². The summed E-state index contributed by atoms with van der Waals surface area (Å²) in [5.74, 6) is 0.302. The van der Waals surface area contributed by atoms with Crippen LogP contribution in [-0.4, -0.2) is 13.6 Å². The fraction of sp³-hybridized carbons (Fsp3) is 0.222. The normalized spacial score (nSPS) is 9.45. The van der Waals surface area contributed by atoms with E-state index in [4.69, 9.17) is 0 Å². The Morgan fingerprint density at radius 2 is 1.91 bits per heavy atom. The predicted molar refractivity (Wildman–Crippen MR) is 48.5 cm³/mol. The van der Waals surface area contributed by atoms with Gasteiger partial charge in [0.25, 0.3) is 0 Å². The van der Waals surface area contributed by atoms with Gasteiger partial charge < -0.3 is 4.79 Å². The first-order valence-corrected chi connectivity index (χ1v) is 3.88. The summed E-state index contributed by atoms with van der Waals surface area (Å²) in [6, 6.07) is 9.83. The highest BCUT2D eigenvalue weighted by molar-refractivity contribution is 6.20. The second-order valence-electron chi connectivity index (χ2n) is 2.55. The van der Waals surface area contributed by atoms with Crippen molar-refractivity contribution in [1.29, 1.82) is 0 Å². The summed E-state index contributed by atoms with van der Waals surface area (Å²) in [4.78, 5) is 11.0. The molecule has 0 N–H and O–H groups in total. The van der Waals surface area contributed by atoms with E-state index in [0.29, 0.717) is 18.5 Å². The van der Waals surface area contributed by atoms with E-state index < -0.39 is 0 Å². The van der Waals surface area contributed by atoms with Crippen molar-refractivity contribution in [1.82, 2.24) is 0 Å². The van der Waals surface area contributed by atoms with Crippen molar-refractivity contribution in [3.8, 4) is 0 Å². The zero-order valence-corrected chi connectivity index (χ0v) is 6.71. The zero-order valence-electron chi connectivity index (χ0n) is 6.71. The third-order valence-corrected chi connectivity index (χ3v) is 1.64. The van der Waals surface area contributed by atoms with E-state index in [9.17, 15) is 4.79 Å². The topological polar surface area (TPSA) is 17.1 Å². The van der Waals surface area contributed by atoms with E-state index in [1.165, 1.54) is 0 Å². The van der Waals surface area contributed by atoms with E-state index in [1.807, 2.05) is 38.2 Å². The molecule has 1 aromatic carbocycles. The van der Waals surface area contributed by atoms with Crippen LogP contribution < -0.4 is 0 Å². The number of hydrogen-bond acceptors (Lipinski definition) is 1. The summed E-state index contributed by atoms with van der Waals surface area (Å²) in [7, 11) is 1.89. The molecule has 0 aromatic heterocycles. The fourth-order valence-corrected chi connectivity index (χ4v) is 0.949. The summed E-state index contributed by atoms with van der Waals surface area (Å²) in [6.07, 6.45) is 1.21. The van der Waals surface area contributed by atoms with Crippen LogP contribution in [0, 0.1) is 0 Å². The Balaban J connectivity index is 2.58. The maximum absolute atomic E-state index is 11.0. The SMILES string of the molecule is BCC(=O)Cc1ccccc1. The van der Waals surface area contributed by atoms with Gasteiger partial charge in [0.1, 0.15) is 13.6 Å². The lowest BCUT2D eigenvalue weighted by Crippen LogP contribution is -2.00. The Hall–Kier alpha value is -1.05. The van der Waals surface area contributed by atoms with Gasteiger partial charge in [-0.05, 0) is 11.9 Å². The lowest BCUT2D eigenvalue weighted by atomic mass is 9.96. The molecule has 56 valence electrons. The number of Topliss-reactive ketones (excluding diaryl/α,β-unsaturated/α-hetero) is 1. The summed E-state index contributed by atoms with van der Waals surface area (Å²) < 4.78 is 0. The molecule has 11 heavy (non-hydrogen) atoms. The molecule has 2 heteroatoms. The highest BCUT2D eigenvalue weighted by atomic mass is 16.1. The molecule has 0 fully saturated rings. The summed E-state index contributed by atoms with van der Waals surface area (Å²) >= 11 is 0. The molecular weight excluding hydrogens is 135 g/mol. The van der Waals surface area contributed by atoms with Crippen molar-refractivity contribution in [3.05, 3.63) is 35.9 Å². The first-order chi connectivity index (χ1) is 5.33. The van der Waals surface area contributed by atoms with E-state index in [2.05, 4.69) is 0 Å². The van der Waals surface area contributed by atoms with Crippen molar-refractivity contribution in [2.75, 3.05) is 0 Å². The van der Waals surface area contributed by atoms with Gasteiger partial charge in [-0.15, -0.1) is 0 Å². The van der Waals surface area contributed by atoms with Gasteiger partial charge in [-0.1, -0.05) is 30.3 Å². The summed E-state index contributed by atoms with van der Waals surface area (Å²) in [5, 5.41) is 0. The Labute approximate surface area is 67.8 Å². The van der Waals surface area contributed by atoms with E-state index in [1.54, 1.807) is 0 Å². The Bertz CT molecular complexity index is 231. The van der Waals surface area contributed by atoms with Crippen molar-refractivity contribution < 1.29 is 4.79 Å². The molecule has 0 bridgehead atoms. The molecule has 0 heterocycles. The van der Waals surface area contributed by atoms with Gasteiger partial charge in [-0.2, -0.15) is 0 Å². The Morgan fingerprint density at radius 3 is 2.45 bits per heavy atom. The fourth-order valence-electron chi connectivity index (χ4n) is 0.949. The number of carbonyl (C=O) groups excluding carboxylic acids is 1. The first-order valence-electron chi connectivity index (χ1n) is 3.88. The van der Waals surface area contributed by atoms with Crippen LogP contribution in [0.15, 0.2) is 30.3 Å². The Morgan fingerprint density at radius 1 is 1.27 bits per heavy atom. The van der Waals surface area contributed by atoms with E-state index >= 15 is 0 Å². The van der Waals surface area contributed by atoms with Crippen LogP contribution in [0.2, 0.25) is 6.32 Å². The Kier molecular flexibility index (Phi) is 2.90. The molecule has 0 saturated carbocycles. The van der Waals surface area contributed by atoms with Crippen molar-refractivity contribution >= 4 is 13.6 Å². The van der Waals surface area contributed by atoms with Crippen LogP contribution in [-0.2, 0) is 11.2 Å². The minimum atomic E-state index is 0.302. The molecule has 0 aliphatic heterocycles. The second kappa shape index (κ2) is 3.96. The minimum Gasteiger partial charge on any atom is -0.300 e. The predicted octanol–water partition coefficient (Wildman–Crippen LogP) is 0.850. The molecular formula is C9H11BO. The molecule has 0 atom stereocenters. The average molecular weight is 146 g/mol. The van der Waals surface area contributed by atoms with Crippen LogP contribution in [0.4, 0.5) is 0 Å². The van der Waals surface area contributed by atoms with Gasteiger partial charge in [-0.3, -0.25) is 0 Å². The van der Waals surface area contributed by atoms with Crippen LogP contribution in [0.3, 0.4) is 0 Å².